The van der Waals surface area contributed by atoms with Crippen molar-refractivity contribution in [2.24, 2.45) is 28.6 Å². The summed E-state index contributed by atoms with van der Waals surface area (Å²) in [6.07, 6.45) is 7.07. The summed E-state index contributed by atoms with van der Waals surface area (Å²) in [5.41, 5.74) is 7.13. The van der Waals surface area contributed by atoms with Gasteiger partial charge in [-0.15, -0.1) is 0 Å². The second-order valence-corrected chi connectivity index (χ2v) is 13.6. The van der Waals surface area contributed by atoms with Crippen LogP contribution in [0.25, 0.3) is 0 Å². The number of nitrogens with two attached hydrogens (primary N) is 1. The highest BCUT2D eigenvalue weighted by atomic mass is 16.7. The zero-order chi connectivity index (χ0) is 31.0. The van der Waals surface area contributed by atoms with Crippen LogP contribution in [0.4, 0.5) is 5.69 Å². The monoisotopic (exact) mass is 597 g/mol. The number of hydrogen-bond donors (Lipinski definition) is 3. The van der Waals surface area contributed by atoms with Gasteiger partial charge in [-0.05, 0) is 67.4 Å². The fourth-order valence-corrected chi connectivity index (χ4v) is 9.43. The SMILES string of the molecule is C=C1C=C[C@@]2(C)C(=C1)CC[C@@H]1[C@@H]2[C@@H](O)C[C@@]2(C)[C@H]1C[C@H]1O[C@@H](c3ccc(C(=O)Oc4cccc(N)c4)cc3)O[C@]12C(=O)CO. The van der Waals surface area contributed by atoms with E-state index in [0.29, 0.717) is 35.4 Å². The molecule has 4 fully saturated rings. The largest absolute Gasteiger partial charge is 0.423 e. The molecular weight excluding hydrogens is 558 g/mol. The summed E-state index contributed by atoms with van der Waals surface area (Å²) in [4.78, 5) is 26.5. The van der Waals surface area contributed by atoms with Crippen LogP contribution < -0.4 is 10.5 Å². The van der Waals surface area contributed by atoms with Gasteiger partial charge in [0.1, 0.15) is 12.4 Å². The standard InChI is InChI=1S/C36H39NO7/c1-20-13-14-34(2)23(15-20)11-12-26-27-17-30-36(29(40)19-38,35(27,3)18-28(39)31(26)34)44-33(43-30)22-9-7-21(8-10-22)32(41)42-25-6-4-5-24(37)16-25/h4-10,13-16,26-28,30-31,33,38-39H,1,11-12,17-19,37H2,2-3H3/t26-,27-,28-,30+,31+,33+,34-,35-,36+/m0/s1. The Balaban J connectivity index is 1.15. The van der Waals surface area contributed by atoms with Crippen LogP contribution in [0, 0.1) is 28.6 Å². The Morgan fingerprint density at radius 3 is 2.66 bits per heavy atom. The first-order valence-corrected chi connectivity index (χ1v) is 15.4. The average Bonchev–Trinajstić information content (AvgIpc) is 3.50. The number of hydrogen-bond acceptors (Lipinski definition) is 8. The van der Waals surface area contributed by atoms with Crippen molar-refractivity contribution in [2.45, 2.75) is 63.6 Å². The van der Waals surface area contributed by atoms with E-state index in [0.717, 1.165) is 18.4 Å². The molecule has 7 rings (SSSR count). The Morgan fingerprint density at radius 2 is 1.93 bits per heavy atom. The van der Waals surface area contributed by atoms with Gasteiger partial charge in [0, 0.05) is 34.1 Å². The highest BCUT2D eigenvalue weighted by molar-refractivity contribution is 5.92. The molecular formula is C36H39NO7. The third-order valence-corrected chi connectivity index (χ3v) is 11.4. The molecule has 2 aromatic carbocycles. The molecule has 1 saturated heterocycles. The third kappa shape index (κ3) is 4.11. The highest BCUT2D eigenvalue weighted by Crippen LogP contribution is 2.70. The first-order valence-electron chi connectivity index (χ1n) is 15.4. The number of fused-ring (bicyclic) bond motifs is 7. The lowest BCUT2D eigenvalue weighted by molar-refractivity contribution is -0.201. The van der Waals surface area contributed by atoms with Crippen LogP contribution in [0.15, 0.2) is 84.5 Å². The van der Waals surface area contributed by atoms with Crippen LogP contribution in [0.2, 0.25) is 0 Å². The van der Waals surface area contributed by atoms with E-state index in [1.54, 1.807) is 48.5 Å². The predicted octanol–water partition coefficient (Wildman–Crippen LogP) is 5.08. The van der Waals surface area contributed by atoms with Crippen molar-refractivity contribution >= 4 is 17.4 Å². The lowest BCUT2D eigenvalue weighted by atomic mass is 9.46. The molecule has 0 unspecified atom stereocenters. The van der Waals surface area contributed by atoms with Crippen LogP contribution in [0.5, 0.6) is 5.75 Å². The minimum Gasteiger partial charge on any atom is -0.423 e. The van der Waals surface area contributed by atoms with Crippen molar-refractivity contribution in [2.75, 3.05) is 12.3 Å². The van der Waals surface area contributed by atoms with E-state index in [1.165, 1.54) is 5.57 Å². The summed E-state index contributed by atoms with van der Waals surface area (Å²) in [6, 6.07) is 13.4. The van der Waals surface area contributed by atoms with Gasteiger partial charge in [-0.2, -0.15) is 0 Å². The predicted molar refractivity (Wildman–Crippen MR) is 163 cm³/mol. The average molecular weight is 598 g/mol. The number of allylic oxidation sites excluding steroid dienone is 5. The summed E-state index contributed by atoms with van der Waals surface area (Å²) in [5, 5.41) is 22.1. The second kappa shape index (κ2) is 10.2. The van der Waals surface area contributed by atoms with Gasteiger partial charge < -0.3 is 30.2 Å². The quantitative estimate of drug-likeness (QED) is 0.247. The van der Waals surface area contributed by atoms with E-state index in [2.05, 4.69) is 25.7 Å². The van der Waals surface area contributed by atoms with Crippen LogP contribution >= 0.6 is 0 Å². The summed E-state index contributed by atoms with van der Waals surface area (Å²) >= 11 is 0. The maximum atomic E-state index is 13.8. The molecule has 3 saturated carbocycles. The highest BCUT2D eigenvalue weighted by Gasteiger charge is 2.75. The van der Waals surface area contributed by atoms with Gasteiger partial charge in [-0.25, -0.2) is 4.79 Å². The van der Waals surface area contributed by atoms with Crippen molar-refractivity contribution in [3.63, 3.8) is 0 Å². The van der Waals surface area contributed by atoms with Gasteiger partial charge in [0.15, 0.2) is 17.7 Å². The first-order chi connectivity index (χ1) is 21.0. The van der Waals surface area contributed by atoms with Crippen molar-refractivity contribution in [1.29, 1.82) is 0 Å². The topological polar surface area (TPSA) is 128 Å². The zero-order valence-electron chi connectivity index (χ0n) is 25.1. The smallest absolute Gasteiger partial charge is 0.343 e. The van der Waals surface area contributed by atoms with Gasteiger partial charge in [0.05, 0.1) is 17.8 Å². The summed E-state index contributed by atoms with van der Waals surface area (Å²) in [5.74, 6) is -0.371. The van der Waals surface area contributed by atoms with E-state index in [9.17, 15) is 19.8 Å². The molecule has 4 aliphatic carbocycles. The molecule has 0 aromatic heterocycles. The van der Waals surface area contributed by atoms with E-state index >= 15 is 0 Å². The Morgan fingerprint density at radius 1 is 1.16 bits per heavy atom. The number of carbonyl (C=O) groups excluding carboxylic acids is 2. The molecule has 4 N–H and O–H groups in total. The van der Waals surface area contributed by atoms with Crippen molar-refractivity contribution < 1.29 is 34.0 Å². The third-order valence-electron chi connectivity index (χ3n) is 11.4. The molecule has 0 bridgehead atoms. The molecule has 1 aliphatic heterocycles. The number of Topliss-reactive ketones (excluding diaryl/α,β-unsaturated/α-hetero) is 1. The Bertz CT molecular complexity index is 1600. The summed E-state index contributed by atoms with van der Waals surface area (Å²) < 4.78 is 18.6. The Labute approximate surface area is 257 Å². The molecule has 2 aromatic rings. The number of aliphatic hydroxyl groups excluding tert-OH is 2. The number of carbonyl (C=O) groups is 2. The molecule has 0 spiro atoms. The number of rotatable bonds is 5. The van der Waals surface area contributed by atoms with E-state index in [-0.39, 0.29) is 23.2 Å². The summed E-state index contributed by atoms with van der Waals surface area (Å²) in [6.45, 7) is 7.70. The van der Waals surface area contributed by atoms with Gasteiger partial charge in [-0.3, -0.25) is 4.79 Å². The minimum atomic E-state index is -1.40. The molecule has 0 amide bonds. The lowest BCUT2D eigenvalue weighted by Crippen LogP contribution is -2.63. The van der Waals surface area contributed by atoms with E-state index in [4.69, 9.17) is 19.9 Å². The molecule has 44 heavy (non-hydrogen) atoms. The second-order valence-electron chi connectivity index (χ2n) is 13.6. The fourth-order valence-electron chi connectivity index (χ4n) is 9.43. The molecule has 8 nitrogen and oxygen atoms in total. The van der Waals surface area contributed by atoms with Gasteiger partial charge in [-0.1, -0.05) is 62.4 Å². The number of ketones is 1. The molecule has 230 valence electrons. The maximum Gasteiger partial charge on any atom is 0.343 e. The normalized spacial score (nSPS) is 38.6. The lowest BCUT2D eigenvalue weighted by Gasteiger charge is -2.59. The van der Waals surface area contributed by atoms with Gasteiger partial charge in [0.25, 0.3) is 0 Å². The number of esters is 1. The first kappa shape index (κ1) is 29.2. The van der Waals surface area contributed by atoms with Crippen molar-refractivity contribution in [3.8, 4) is 5.75 Å². The minimum absolute atomic E-state index is 0.000421. The number of ether oxygens (including phenoxy) is 3. The van der Waals surface area contributed by atoms with E-state index in [1.807, 2.05) is 13.0 Å². The van der Waals surface area contributed by atoms with Gasteiger partial charge in [0.2, 0.25) is 0 Å². The van der Waals surface area contributed by atoms with Crippen molar-refractivity contribution in [3.05, 3.63) is 95.6 Å². The van der Waals surface area contributed by atoms with Crippen LogP contribution in [-0.4, -0.2) is 46.4 Å². The number of benzene rings is 2. The van der Waals surface area contributed by atoms with Crippen LogP contribution in [0.3, 0.4) is 0 Å². The van der Waals surface area contributed by atoms with E-state index < -0.39 is 47.9 Å². The number of nitrogen functional groups attached to an aromatic ring is 1. The Kier molecular flexibility index (Phi) is 6.79. The fraction of sp³-hybridized carbons (Fsp3) is 0.444. The number of anilines is 1. The molecule has 1 heterocycles. The molecule has 9 atom stereocenters. The maximum absolute atomic E-state index is 13.8. The van der Waals surface area contributed by atoms with Crippen LogP contribution in [0.1, 0.15) is 61.7 Å². The van der Waals surface area contributed by atoms with Gasteiger partial charge >= 0.3 is 5.97 Å². The zero-order valence-corrected chi connectivity index (χ0v) is 25.1. The summed E-state index contributed by atoms with van der Waals surface area (Å²) in [7, 11) is 0. The Hall–Kier alpha value is -3.56. The molecule has 5 aliphatic rings. The molecule has 8 heteroatoms. The van der Waals surface area contributed by atoms with Crippen LogP contribution in [-0.2, 0) is 14.3 Å². The molecule has 0 radical (unpaired) electrons. The van der Waals surface area contributed by atoms with Crippen molar-refractivity contribution in [1.82, 2.24) is 0 Å². The number of aliphatic hydroxyl groups is 2.